The largest absolute Gasteiger partial charge is 0.394 e. The van der Waals surface area contributed by atoms with Crippen molar-refractivity contribution >= 4 is 5.91 Å². The quantitative estimate of drug-likeness (QED) is 0.147. The van der Waals surface area contributed by atoms with Crippen LogP contribution in [0, 0.1) is 0 Å². The number of aliphatic hydroxyl groups excluding tert-OH is 9. The van der Waals surface area contributed by atoms with Crippen LogP contribution in [0.25, 0.3) is 0 Å². The van der Waals surface area contributed by atoms with Gasteiger partial charge in [0.25, 0.3) is 0 Å². The monoisotopic (exact) mass is 529 g/mol. The second-order valence-corrected chi connectivity index (χ2v) is 9.05. The van der Waals surface area contributed by atoms with Gasteiger partial charge < -0.3 is 75.0 Å². The molecule has 0 spiro atoms. The van der Waals surface area contributed by atoms with Crippen LogP contribution in [-0.4, -0.2) is 157 Å². The lowest BCUT2D eigenvalue weighted by Crippen LogP contribution is -2.69. The summed E-state index contributed by atoms with van der Waals surface area (Å²) in [6, 6.07) is -1.41. The number of hydrogen-bond donors (Lipinski definition) is 10. The summed E-state index contributed by atoms with van der Waals surface area (Å²) >= 11 is 0. The molecule has 10 N–H and O–H groups in total. The van der Waals surface area contributed by atoms with Crippen LogP contribution in [0.1, 0.15) is 13.8 Å². The van der Waals surface area contributed by atoms with Crippen molar-refractivity contribution < 1.29 is 74.4 Å². The Labute approximate surface area is 205 Å². The van der Waals surface area contributed by atoms with Crippen molar-refractivity contribution in [2.75, 3.05) is 13.2 Å². The number of carbonyl (C=O) groups excluding carboxylic acids is 1. The second kappa shape index (κ2) is 12.2. The van der Waals surface area contributed by atoms with Crippen molar-refractivity contribution in [1.82, 2.24) is 5.32 Å². The molecule has 16 nitrogen and oxygen atoms in total. The van der Waals surface area contributed by atoms with E-state index in [4.69, 9.17) is 23.7 Å². The predicted molar refractivity (Wildman–Crippen MR) is 111 cm³/mol. The number of hydrogen-bond acceptors (Lipinski definition) is 15. The first kappa shape index (κ1) is 29.5. The fraction of sp³-hybridized carbons (Fsp3) is 0.950. The van der Waals surface area contributed by atoms with E-state index in [0.29, 0.717) is 0 Å². The number of nitrogens with one attached hydrogen (secondary N) is 1. The van der Waals surface area contributed by atoms with Crippen molar-refractivity contribution in [3.8, 4) is 0 Å². The molecule has 0 saturated carbocycles. The Morgan fingerprint density at radius 1 is 0.722 bits per heavy atom. The second-order valence-electron chi connectivity index (χ2n) is 9.05. The zero-order chi connectivity index (χ0) is 26.9. The first-order valence-corrected chi connectivity index (χ1v) is 11.4. The van der Waals surface area contributed by atoms with Crippen LogP contribution in [-0.2, 0) is 28.5 Å². The molecule has 0 aromatic carbocycles. The predicted octanol–water partition coefficient (Wildman–Crippen LogP) is -6.40. The van der Waals surface area contributed by atoms with E-state index in [1.54, 1.807) is 0 Å². The molecule has 0 radical (unpaired) electrons. The van der Waals surface area contributed by atoms with Gasteiger partial charge in [0.15, 0.2) is 18.9 Å². The van der Waals surface area contributed by atoms with Crippen LogP contribution in [0.3, 0.4) is 0 Å². The fourth-order valence-corrected chi connectivity index (χ4v) is 4.40. The van der Waals surface area contributed by atoms with Crippen LogP contribution < -0.4 is 5.32 Å². The highest BCUT2D eigenvalue weighted by molar-refractivity contribution is 5.73. The normalized spacial score (nSPS) is 50.0. The molecule has 15 atom stereocenters. The lowest BCUT2D eigenvalue weighted by molar-refractivity contribution is -0.370. The Morgan fingerprint density at radius 3 is 1.81 bits per heavy atom. The molecule has 3 saturated heterocycles. The molecule has 16 heteroatoms. The Bertz CT molecular complexity index is 729. The van der Waals surface area contributed by atoms with Gasteiger partial charge in [-0.3, -0.25) is 4.79 Å². The summed E-state index contributed by atoms with van der Waals surface area (Å²) in [6.45, 7) is 1.00. The molecule has 210 valence electrons. The summed E-state index contributed by atoms with van der Waals surface area (Å²) in [7, 11) is 0. The van der Waals surface area contributed by atoms with E-state index in [2.05, 4.69) is 5.32 Å². The van der Waals surface area contributed by atoms with Gasteiger partial charge in [0, 0.05) is 6.92 Å². The van der Waals surface area contributed by atoms with Crippen molar-refractivity contribution in [2.24, 2.45) is 0 Å². The lowest BCUT2D eigenvalue weighted by Gasteiger charge is -2.49. The Kier molecular flexibility index (Phi) is 9.97. The highest BCUT2D eigenvalue weighted by Gasteiger charge is 2.54. The topological polar surface area (TPSA) is 257 Å². The van der Waals surface area contributed by atoms with Gasteiger partial charge in [0.2, 0.25) is 5.91 Å². The van der Waals surface area contributed by atoms with Gasteiger partial charge in [-0.1, -0.05) is 0 Å². The molecule has 0 aliphatic carbocycles. The molecule has 0 bridgehead atoms. The van der Waals surface area contributed by atoms with Crippen molar-refractivity contribution in [3.63, 3.8) is 0 Å². The molecule has 3 fully saturated rings. The van der Waals surface area contributed by atoms with Crippen LogP contribution in [0.15, 0.2) is 0 Å². The standard InChI is InChI=1S/C20H35NO15/c1-5-10(25)12(27)14(29)19(32-5)36-17-9(21-6(2)24)18(31)33-8(4-23)16(17)35-20-15(30)13(28)11(26)7(3-22)34-20/h5,7-20,22-23,25-31H,3-4H2,1-2H3,(H,21,24)/t5-,7+,8+,9+,10+,11-,12+,13-,14-,15+,16+,17+,18+,19?,20-/m0/s1. The summed E-state index contributed by atoms with van der Waals surface area (Å²) in [5.74, 6) is -0.640. The molecular weight excluding hydrogens is 494 g/mol. The highest BCUT2D eigenvalue weighted by Crippen LogP contribution is 2.32. The van der Waals surface area contributed by atoms with Crippen LogP contribution >= 0.6 is 0 Å². The van der Waals surface area contributed by atoms with Gasteiger partial charge in [-0.25, -0.2) is 0 Å². The highest BCUT2D eigenvalue weighted by atomic mass is 16.7. The third kappa shape index (κ3) is 5.97. The molecular formula is C20H35NO15. The van der Waals surface area contributed by atoms with Crippen LogP contribution in [0.2, 0.25) is 0 Å². The Balaban J connectivity index is 1.92. The van der Waals surface area contributed by atoms with Crippen molar-refractivity contribution in [1.29, 1.82) is 0 Å². The van der Waals surface area contributed by atoms with Crippen molar-refractivity contribution in [3.05, 3.63) is 0 Å². The smallest absolute Gasteiger partial charge is 0.217 e. The number of aliphatic hydroxyl groups is 9. The molecule has 3 heterocycles. The van der Waals surface area contributed by atoms with E-state index < -0.39 is 111 Å². The average Bonchev–Trinajstić information content (AvgIpc) is 2.84. The van der Waals surface area contributed by atoms with Gasteiger partial charge in [-0.2, -0.15) is 0 Å². The molecule has 0 aromatic heterocycles. The maximum absolute atomic E-state index is 11.8. The van der Waals surface area contributed by atoms with Gasteiger partial charge >= 0.3 is 0 Å². The minimum absolute atomic E-state index is 0.640. The van der Waals surface area contributed by atoms with Gasteiger partial charge in [0.05, 0.1) is 19.3 Å². The summed E-state index contributed by atoms with van der Waals surface area (Å²) in [6.07, 6.45) is -22.0. The SMILES string of the molecule is CC(=O)N[C@@H]1[C@@H](OC2O[C@@H](C)[C@@H](O)[C@@H](O)[C@@H]2O)[C@H](O[C@@H]2O[C@H](CO)[C@H](O)[C@H](O)[C@H]2O)[C@@H](CO)O[C@H]1O. The molecule has 36 heavy (non-hydrogen) atoms. The average molecular weight is 529 g/mol. The van der Waals surface area contributed by atoms with E-state index in [0.717, 1.165) is 6.92 Å². The number of amides is 1. The van der Waals surface area contributed by atoms with Gasteiger partial charge in [-0.05, 0) is 6.92 Å². The zero-order valence-corrected chi connectivity index (χ0v) is 19.5. The molecule has 1 amide bonds. The molecule has 3 aliphatic rings. The number of rotatable bonds is 7. The Hall–Kier alpha value is -1.09. The maximum atomic E-state index is 11.8. The first-order valence-electron chi connectivity index (χ1n) is 11.4. The molecule has 1 unspecified atom stereocenters. The third-order valence-electron chi connectivity index (χ3n) is 6.45. The number of carbonyl (C=O) groups is 1. The van der Waals surface area contributed by atoms with E-state index in [1.165, 1.54) is 6.92 Å². The lowest BCUT2D eigenvalue weighted by atomic mass is 9.94. The van der Waals surface area contributed by atoms with Crippen molar-refractivity contribution in [2.45, 2.75) is 106 Å². The van der Waals surface area contributed by atoms with Gasteiger partial charge in [0.1, 0.15) is 67.1 Å². The van der Waals surface area contributed by atoms with Crippen LogP contribution in [0.4, 0.5) is 0 Å². The van der Waals surface area contributed by atoms with Gasteiger partial charge in [-0.15, -0.1) is 0 Å². The van der Waals surface area contributed by atoms with E-state index >= 15 is 0 Å². The Morgan fingerprint density at radius 2 is 1.25 bits per heavy atom. The summed E-state index contributed by atoms with van der Waals surface area (Å²) in [5.41, 5.74) is 0. The zero-order valence-electron chi connectivity index (χ0n) is 19.5. The first-order chi connectivity index (χ1) is 16.9. The van der Waals surface area contributed by atoms with Crippen LogP contribution in [0.5, 0.6) is 0 Å². The molecule has 3 rings (SSSR count). The fourth-order valence-electron chi connectivity index (χ4n) is 4.40. The van der Waals surface area contributed by atoms with E-state index in [9.17, 15) is 50.8 Å². The van der Waals surface area contributed by atoms with E-state index in [-0.39, 0.29) is 0 Å². The summed E-state index contributed by atoms with van der Waals surface area (Å²) in [5, 5.41) is 93.2. The summed E-state index contributed by atoms with van der Waals surface area (Å²) in [4.78, 5) is 11.8. The third-order valence-corrected chi connectivity index (χ3v) is 6.45. The summed E-state index contributed by atoms with van der Waals surface area (Å²) < 4.78 is 27.7. The minimum atomic E-state index is -1.85. The molecule has 0 aromatic rings. The minimum Gasteiger partial charge on any atom is -0.394 e. The maximum Gasteiger partial charge on any atom is 0.217 e. The van der Waals surface area contributed by atoms with E-state index in [1.807, 2.05) is 0 Å². The molecule has 3 aliphatic heterocycles. The number of ether oxygens (including phenoxy) is 5.